The molecule has 0 aliphatic rings. The van der Waals surface area contributed by atoms with E-state index in [1.165, 1.54) is 11.0 Å². The average molecular weight is 307 g/mol. The number of carbonyl (C=O) groups is 1. The molecule has 0 atom stereocenters. The first-order valence-electron chi connectivity index (χ1n) is 6.22. The normalized spacial score (nSPS) is 9.76. The first-order chi connectivity index (χ1) is 9.97. The van der Waals surface area contributed by atoms with E-state index in [2.05, 4.69) is 11.2 Å². The van der Waals surface area contributed by atoms with Gasteiger partial charge in [-0.25, -0.2) is 0 Å². The molecule has 1 amide bonds. The van der Waals surface area contributed by atoms with Gasteiger partial charge in [-0.2, -0.15) is 0 Å². The van der Waals surface area contributed by atoms with E-state index in [1.807, 2.05) is 0 Å². The topological polar surface area (TPSA) is 75.5 Å². The van der Waals surface area contributed by atoms with Gasteiger partial charge in [-0.1, -0.05) is 5.92 Å². The number of benzene rings is 1. The molecule has 0 unspecified atom stereocenters. The molecule has 1 N–H and O–H groups in total. The zero-order valence-corrected chi connectivity index (χ0v) is 12.8. The van der Waals surface area contributed by atoms with Crippen LogP contribution in [-0.2, 0) is 0 Å². The summed E-state index contributed by atoms with van der Waals surface area (Å²) in [6, 6.07) is 4.42. The van der Waals surface area contributed by atoms with Crippen molar-refractivity contribution in [2.75, 3.05) is 37.5 Å². The maximum atomic E-state index is 11.8. The molecule has 0 fully saturated rings. The minimum absolute atomic E-state index is 0.107. The summed E-state index contributed by atoms with van der Waals surface area (Å²) in [6.07, 6.45) is 5.14. The Kier molecular flexibility index (Phi) is 6.56. The zero-order valence-electron chi connectivity index (χ0n) is 12.0. The third-order valence-electron chi connectivity index (χ3n) is 2.59. The van der Waals surface area contributed by atoms with Crippen LogP contribution in [0.15, 0.2) is 18.2 Å². The highest BCUT2D eigenvalue weighted by Crippen LogP contribution is 2.26. The average Bonchev–Trinajstić information content (AvgIpc) is 2.46. The van der Waals surface area contributed by atoms with Gasteiger partial charge in [-0.3, -0.25) is 14.9 Å². The number of amides is 1. The molecule has 0 aliphatic carbocycles. The lowest BCUT2D eigenvalue weighted by atomic mass is 10.1. The number of rotatable bonds is 7. The molecule has 1 rings (SSSR count). The Hall–Kier alpha value is -2.20. The van der Waals surface area contributed by atoms with E-state index in [-0.39, 0.29) is 11.6 Å². The molecule has 112 valence electrons. The summed E-state index contributed by atoms with van der Waals surface area (Å²) in [5, 5.41) is 14.1. The molecule has 0 aliphatic heterocycles. The van der Waals surface area contributed by atoms with Gasteiger partial charge in [0.25, 0.3) is 11.6 Å². The number of terminal acetylenes is 1. The highest BCUT2D eigenvalue weighted by molar-refractivity contribution is 7.99. The highest BCUT2D eigenvalue weighted by atomic mass is 32.2. The Balaban J connectivity index is 2.83. The van der Waals surface area contributed by atoms with Gasteiger partial charge in [-0.05, 0) is 12.1 Å². The minimum Gasteiger partial charge on any atom is -0.379 e. The quantitative estimate of drug-likeness (QED) is 0.361. The predicted octanol–water partition coefficient (Wildman–Crippen LogP) is 2.07. The zero-order chi connectivity index (χ0) is 15.8. The fourth-order valence-electron chi connectivity index (χ4n) is 1.61. The molecular formula is C14H17N3O3S. The predicted molar refractivity (Wildman–Crippen MR) is 85.8 cm³/mol. The van der Waals surface area contributed by atoms with E-state index in [0.29, 0.717) is 23.5 Å². The molecular weight excluding hydrogens is 290 g/mol. The number of nitrogens with one attached hydrogen (secondary N) is 1. The van der Waals surface area contributed by atoms with E-state index in [1.54, 1.807) is 38.0 Å². The second kappa shape index (κ2) is 8.17. The van der Waals surface area contributed by atoms with Crippen LogP contribution in [0.25, 0.3) is 0 Å². The summed E-state index contributed by atoms with van der Waals surface area (Å²) >= 11 is 1.57. The van der Waals surface area contributed by atoms with E-state index in [9.17, 15) is 14.9 Å². The lowest BCUT2D eigenvalue weighted by molar-refractivity contribution is -0.384. The van der Waals surface area contributed by atoms with Gasteiger partial charge in [0.05, 0.1) is 10.7 Å². The van der Waals surface area contributed by atoms with Crippen LogP contribution in [0.2, 0.25) is 0 Å². The Bertz CT molecular complexity index is 567. The minimum atomic E-state index is -0.497. The summed E-state index contributed by atoms with van der Waals surface area (Å²) in [6.45, 7) is 0.564. The van der Waals surface area contributed by atoms with Crippen molar-refractivity contribution in [2.45, 2.75) is 0 Å². The van der Waals surface area contributed by atoms with Crippen LogP contribution in [0.3, 0.4) is 0 Å². The first kappa shape index (κ1) is 16.9. The fraction of sp³-hybridized carbons (Fsp3) is 0.357. The van der Waals surface area contributed by atoms with Crippen molar-refractivity contribution >= 4 is 29.0 Å². The van der Waals surface area contributed by atoms with Crippen molar-refractivity contribution in [2.24, 2.45) is 0 Å². The molecule has 0 bridgehead atoms. The van der Waals surface area contributed by atoms with Crippen LogP contribution < -0.4 is 5.32 Å². The van der Waals surface area contributed by atoms with Crippen molar-refractivity contribution in [1.82, 2.24) is 4.90 Å². The third-order valence-corrected chi connectivity index (χ3v) is 3.46. The Morgan fingerprint density at radius 3 is 2.81 bits per heavy atom. The lowest BCUT2D eigenvalue weighted by Crippen LogP contribution is -2.21. The van der Waals surface area contributed by atoms with Gasteiger partial charge in [0.15, 0.2) is 0 Å². The molecule has 1 aromatic carbocycles. The molecule has 6 nitrogen and oxygen atoms in total. The fourth-order valence-corrected chi connectivity index (χ4v) is 2.12. The van der Waals surface area contributed by atoms with Gasteiger partial charge in [0, 0.05) is 38.0 Å². The van der Waals surface area contributed by atoms with E-state index >= 15 is 0 Å². The molecule has 0 saturated carbocycles. The van der Waals surface area contributed by atoms with Crippen LogP contribution in [0, 0.1) is 22.5 Å². The van der Waals surface area contributed by atoms with Gasteiger partial charge in [0.2, 0.25) is 0 Å². The summed E-state index contributed by atoms with van der Waals surface area (Å²) < 4.78 is 0. The molecule has 1 aromatic rings. The van der Waals surface area contributed by atoms with Crippen molar-refractivity contribution < 1.29 is 9.72 Å². The Morgan fingerprint density at radius 2 is 2.24 bits per heavy atom. The number of hydrogen-bond donors (Lipinski definition) is 1. The third kappa shape index (κ3) is 5.00. The summed E-state index contributed by atoms with van der Waals surface area (Å²) in [7, 11) is 3.20. The first-order valence-corrected chi connectivity index (χ1v) is 7.38. The number of nitro groups is 1. The molecule has 0 radical (unpaired) electrons. The second-order valence-electron chi connectivity index (χ2n) is 4.37. The molecule has 0 heterocycles. The number of hydrogen-bond acceptors (Lipinski definition) is 5. The Morgan fingerprint density at radius 1 is 1.52 bits per heavy atom. The van der Waals surface area contributed by atoms with Crippen LogP contribution >= 0.6 is 11.8 Å². The SMILES string of the molecule is C#CCSCCNc1ccc(C(=O)N(C)C)cc1[N+](=O)[O-]. The molecule has 21 heavy (non-hydrogen) atoms. The van der Waals surface area contributed by atoms with Crippen LogP contribution in [-0.4, -0.2) is 47.9 Å². The maximum absolute atomic E-state index is 11.8. The van der Waals surface area contributed by atoms with Crippen LogP contribution in [0.4, 0.5) is 11.4 Å². The van der Waals surface area contributed by atoms with Gasteiger partial charge in [-0.15, -0.1) is 18.2 Å². The number of nitro benzene ring substituents is 1. The molecule has 0 saturated heterocycles. The van der Waals surface area contributed by atoms with Crippen LogP contribution in [0.5, 0.6) is 0 Å². The number of carbonyl (C=O) groups excluding carboxylic acids is 1. The number of thioether (sulfide) groups is 1. The van der Waals surface area contributed by atoms with Gasteiger partial charge in [0.1, 0.15) is 5.69 Å². The second-order valence-corrected chi connectivity index (χ2v) is 5.48. The van der Waals surface area contributed by atoms with Crippen molar-refractivity contribution in [3.8, 4) is 12.3 Å². The monoisotopic (exact) mass is 307 g/mol. The van der Waals surface area contributed by atoms with Crippen molar-refractivity contribution in [3.63, 3.8) is 0 Å². The molecule has 7 heteroatoms. The standard InChI is InChI=1S/C14H17N3O3S/c1-4-8-21-9-7-15-12-6-5-11(14(18)16(2)3)10-13(12)17(19)20/h1,5-6,10,15H,7-9H2,2-3H3. The smallest absolute Gasteiger partial charge is 0.293 e. The Labute approximate surface area is 128 Å². The molecule has 0 aromatic heterocycles. The van der Waals surface area contributed by atoms with Gasteiger partial charge < -0.3 is 10.2 Å². The number of anilines is 1. The van der Waals surface area contributed by atoms with E-state index in [0.717, 1.165) is 5.75 Å². The maximum Gasteiger partial charge on any atom is 0.293 e. The summed E-state index contributed by atoms with van der Waals surface area (Å²) in [4.78, 5) is 23.8. The van der Waals surface area contributed by atoms with E-state index in [4.69, 9.17) is 6.42 Å². The number of nitrogens with zero attached hydrogens (tertiary/aromatic N) is 2. The summed E-state index contributed by atoms with van der Waals surface area (Å²) in [5.74, 6) is 3.60. The van der Waals surface area contributed by atoms with E-state index < -0.39 is 4.92 Å². The van der Waals surface area contributed by atoms with Crippen molar-refractivity contribution in [1.29, 1.82) is 0 Å². The molecule has 0 spiro atoms. The van der Waals surface area contributed by atoms with Crippen molar-refractivity contribution in [3.05, 3.63) is 33.9 Å². The highest BCUT2D eigenvalue weighted by Gasteiger charge is 2.18. The summed E-state index contributed by atoms with van der Waals surface area (Å²) in [5.41, 5.74) is 0.584. The van der Waals surface area contributed by atoms with Crippen LogP contribution in [0.1, 0.15) is 10.4 Å². The van der Waals surface area contributed by atoms with Gasteiger partial charge >= 0.3 is 0 Å². The lowest BCUT2D eigenvalue weighted by Gasteiger charge is -2.11. The largest absolute Gasteiger partial charge is 0.379 e.